The van der Waals surface area contributed by atoms with Gasteiger partial charge in [-0.2, -0.15) is 0 Å². The van der Waals surface area contributed by atoms with E-state index in [1.54, 1.807) is 0 Å². The summed E-state index contributed by atoms with van der Waals surface area (Å²) in [5.41, 5.74) is 0. The minimum absolute atomic E-state index is 0.275. The van der Waals surface area contributed by atoms with Crippen LogP contribution in [0.25, 0.3) is 0 Å². The lowest BCUT2D eigenvalue weighted by Crippen LogP contribution is -2.42. The molecular formula is C39H82N2O4. The van der Waals surface area contributed by atoms with Crippen LogP contribution in [0.2, 0.25) is 0 Å². The monoisotopic (exact) mass is 643 g/mol. The molecule has 0 aromatic rings. The molecule has 0 aliphatic heterocycles. The summed E-state index contributed by atoms with van der Waals surface area (Å²) in [6.45, 7) is 12.0. The van der Waals surface area contributed by atoms with Crippen molar-refractivity contribution in [3.8, 4) is 0 Å². The molecule has 0 aliphatic carbocycles. The molecule has 0 amide bonds. The van der Waals surface area contributed by atoms with Crippen LogP contribution in [0.1, 0.15) is 175 Å². The summed E-state index contributed by atoms with van der Waals surface area (Å²) in [6.07, 6.45) is 30.6. The molecule has 0 heterocycles. The average molecular weight is 643 g/mol. The maximum Gasteiger partial charge on any atom is 0.0701 e. The van der Waals surface area contributed by atoms with Gasteiger partial charge in [-0.3, -0.25) is 4.90 Å². The summed E-state index contributed by atoms with van der Waals surface area (Å²) in [7, 11) is 1.92. The fourth-order valence-corrected chi connectivity index (χ4v) is 6.15. The first-order valence-electron chi connectivity index (χ1n) is 19.9. The zero-order valence-corrected chi connectivity index (χ0v) is 31.0. The smallest absolute Gasteiger partial charge is 0.0701 e. The van der Waals surface area contributed by atoms with E-state index in [1.165, 1.54) is 135 Å². The molecule has 3 unspecified atom stereocenters. The summed E-state index contributed by atoms with van der Waals surface area (Å²) in [6, 6.07) is 0. The molecule has 0 bridgehead atoms. The van der Waals surface area contributed by atoms with Crippen LogP contribution in [0.4, 0.5) is 0 Å². The van der Waals surface area contributed by atoms with Crippen LogP contribution in [0.15, 0.2) is 0 Å². The normalized spacial score (nSPS) is 13.9. The summed E-state index contributed by atoms with van der Waals surface area (Å²) in [5.74, 6) is 0.275. The number of nitrogens with one attached hydrogen (secondary N) is 1. The van der Waals surface area contributed by atoms with Crippen LogP contribution >= 0.6 is 0 Å². The van der Waals surface area contributed by atoms with Crippen molar-refractivity contribution < 1.29 is 19.7 Å². The molecule has 0 aromatic heterocycles. The molecule has 6 heteroatoms. The first-order valence-corrected chi connectivity index (χ1v) is 19.9. The molecule has 0 saturated heterocycles. The number of unbranched alkanes of at least 4 members (excludes halogenated alkanes) is 20. The lowest BCUT2D eigenvalue weighted by Gasteiger charge is -2.29. The summed E-state index contributed by atoms with van der Waals surface area (Å²) < 4.78 is 11.4. The molecule has 0 aromatic carbocycles. The highest BCUT2D eigenvalue weighted by atomic mass is 16.5. The Kier molecular flexibility index (Phi) is 36.4. The molecule has 45 heavy (non-hydrogen) atoms. The maximum atomic E-state index is 11.1. The van der Waals surface area contributed by atoms with Gasteiger partial charge < -0.3 is 25.0 Å². The third-order valence-corrected chi connectivity index (χ3v) is 9.40. The lowest BCUT2D eigenvalue weighted by molar-refractivity contribution is 0.0107. The van der Waals surface area contributed by atoms with Crippen LogP contribution in [0, 0.1) is 5.92 Å². The van der Waals surface area contributed by atoms with Gasteiger partial charge in [-0.25, -0.2) is 0 Å². The molecular weight excluding hydrogens is 560 g/mol. The number of nitrogens with zero attached hydrogens (tertiary/aromatic N) is 1. The van der Waals surface area contributed by atoms with Gasteiger partial charge in [0.15, 0.2) is 0 Å². The van der Waals surface area contributed by atoms with Gasteiger partial charge in [-0.05, 0) is 25.8 Å². The Morgan fingerprint density at radius 2 is 0.956 bits per heavy atom. The van der Waals surface area contributed by atoms with Crippen LogP contribution < -0.4 is 5.32 Å². The van der Waals surface area contributed by atoms with Gasteiger partial charge in [0.05, 0.1) is 38.6 Å². The summed E-state index contributed by atoms with van der Waals surface area (Å²) in [5, 5.41) is 25.0. The van der Waals surface area contributed by atoms with Gasteiger partial charge in [0.25, 0.3) is 0 Å². The molecule has 0 aliphatic rings. The van der Waals surface area contributed by atoms with Crippen molar-refractivity contribution in [3.05, 3.63) is 0 Å². The number of likely N-dealkylation sites (N-methyl/N-ethyl adjacent to an activating group) is 1. The van der Waals surface area contributed by atoms with E-state index in [-0.39, 0.29) is 18.1 Å². The van der Waals surface area contributed by atoms with Crippen molar-refractivity contribution in [2.75, 3.05) is 59.7 Å². The van der Waals surface area contributed by atoms with Crippen LogP contribution in [-0.4, -0.2) is 87.0 Å². The van der Waals surface area contributed by atoms with E-state index in [4.69, 9.17) is 9.47 Å². The number of aliphatic hydroxyl groups excluding tert-OH is 2. The van der Waals surface area contributed by atoms with E-state index < -0.39 is 0 Å². The Morgan fingerprint density at radius 3 is 1.42 bits per heavy atom. The van der Waals surface area contributed by atoms with Crippen molar-refractivity contribution >= 4 is 0 Å². The van der Waals surface area contributed by atoms with E-state index in [2.05, 4.69) is 31.0 Å². The number of aliphatic hydroxyl groups is 2. The number of hydrogen-bond donors (Lipinski definition) is 3. The van der Waals surface area contributed by atoms with Crippen molar-refractivity contribution in [1.29, 1.82) is 0 Å². The average Bonchev–Trinajstić information content (AvgIpc) is 3.03. The quantitative estimate of drug-likeness (QED) is 0.0583. The third-order valence-electron chi connectivity index (χ3n) is 9.40. The molecule has 0 radical (unpaired) electrons. The van der Waals surface area contributed by atoms with E-state index in [9.17, 15) is 10.2 Å². The van der Waals surface area contributed by atoms with E-state index >= 15 is 0 Å². The SMILES string of the molecule is CCCCCCCCCCCCCCC(O)CN(CCOCCOCCNC)CC(O)C(C)CCCCCCCCCCCC. The minimum atomic E-state index is -0.368. The fraction of sp³-hybridized carbons (Fsp3) is 1.00. The Hall–Kier alpha value is -0.240. The van der Waals surface area contributed by atoms with Gasteiger partial charge in [0.1, 0.15) is 0 Å². The second-order valence-corrected chi connectivity index (χ2v) is 13.9. The highest BCUT2D eigenvalue weighted by molar-refractivity contribution is 4.73. The first kappa shape index (κ1) is 44.8. The van der Waals surface area contributed by atoms with Gasteiger partial charge in [-0.15, -0.1) is 0 Å². The molecule has 0 spiro atoms. The van der Waals surface area contributed by atoms with Gasteiger partial charge >= 0.3 is 0 Å². The molecule has 6 nitrogen and oxygen atoms in total. The van der Waals surface area contributed by atoms with Crippen molar-refractivity contribution in [2.24, 2.45) is 5.92 Å². The number of rotatable bonds is 38. The fourth-order valence-electron chi connectivity index (χ4n) is 6.15. The van der Waals surface area contributed by atoms with Crippen LogP contribution in [0.3, 0.4) is 0 Å². The minimum Gasteiger partial charge on any atom is -0.392 e. The van der Waals surface area contributed by atoms with Crippen LogP contribution in [0.5, 0.6) is 0 Å². The van der Waals surface area contributed by atoms with Crippen molar-refractivity contribution in [2.45, 2.75) is 187 Å². The number of ether oxygens (including phenoxy) is 2. The van der Waals surface area contributed by atoms with E-state index in [1.807, 2.05) is 7.05 Å². The Bertz CT molecular complexity index is 553. The number of hydrogen-bond acceptors (Lipinski definition) is 6. The molecule has 0 rings (SSSR count). The highest BCUT2D eigenvalue weighted by Crippen LogP contribution is 2.18. The molecule has 3 atom stereocenters. The second kappa shape index (κ2) is 36.6. The summed E-state index contributed by atoms with van der Waals surface area (Å²) in [4.78, 5) is 2.23. The molecule has 0 fully saturated rings. The molecule has 272 valence electrons. The second-order valence-electron chi connectivity index (χ2n) is 13.9. The zero-order valence-electron chi connectivity index (χ0n) is 31.0. The Labute approximate surface area is 282 Å². The Balaban J connectivity index is 4.26. The van der Waals surface area contributed by atoms with Gasteiger partial charge in [0.2, 0.25) is 0 Å². The van der Waals surface area contributed by atoms with E-state index in [0.29, 0.717) is 39.5 Å². The van der Waals surface area contributed by atoms with E-state index in [0.717, 1.165) is 32.4 Å². The highest BCUT2D eigenvalue weighted by Gasteiger charge is 2.20. The molecule has 0 saturated carbocycles. The van der Waals surface area contributed by atoms with Crippen molar-refractivity contribution in [1.82, 2.24) is 10.2 Å². The summed E-state index contributed by atoms with van der Waals surface area (Å²) >= 11 is 0. The predicted octanol–water partition coefficient (Wildman–Crippen LogP) is 9.30. The van der Waals surface area contributed by atoms with Crippen LogP contribution in [-0.2, 0) is 9.47 Å². The van der Waals surface area contributed by atoms with Gasteiger partial charge in [-0.1, -0.05) is 162 Å². The lowest BCUT2D eigenvalue weighted by atomic mass is 9.96. The maximum absolute atomic E-state index is 11.1. The topological polar surface area (TPSA) is 74.2 Å². The van der Waals surface area contributed by atoms with Gasteiger partial charge in [0, 0.05) is 26.2 Å². The third kappa shape index (κ3) is 33.5. The standard InChI is InChI=1S/C39H82N2O4/c1-5-7-9-11-13-15-17-18-20-22-24-26-28-38(42)35-41(30-32-45-34-33-44-31-29-40-4)36-39(43)37(3)27-25-23-21-19-16-14-12-10-8-6-2/h37-40,42-43H,5-36H2,1-4H3. The first-order chi connectivity index (χ1) is 22.0. The Morgan fingerprint density at radius 1 is 0.533 bits per heavy atom. The van der Waals surface area contributed by atoms with Crippen molar-refractivity contribution in [3.63, 3.8) is 0 Å². The molecule has 3 N–H and O–H groups in total. The largest absolute Gasteiger partial charge is 0.392 e. The zero-order chi connectivity index (χ0) is 33.1. The predicted molar refractivity (Wildman–Crippen MR) is 195 cm³/mol.